The molecular formula is C18H21ClN2O4S2. The quantitative estimate of drug-likeness (QED) is 0.685. The van der Waals surface area contributed by atoms with Crippen LogP contribution >= 0.6 is 23.4 Å². The first kappa shape index (κ1) is 20.4. The lowest BCUT2D eigenvalue weighted by Gasteiger charge is -2.26. The third-order valence-electron chi connectivity index (χ3n) is 4.22. The smallest absolute Gasteiger partial charge is 0.230 e. The second-order valence-electron chi connectivity index (χ2n) is 6.06. The standard InChI is InChI=1S/C18H21ClN2O4S2/c19-15-5-1-3-14-4-2-6-16(18(14)15)26-13-17(22)20-7-12-27(23,24)21-8-10-25-11-9-21/h1-6H,7-13H2,(H,20,22). The summed E-state index contributed by atoms with van der Waals surface area (Å²) < 4.78 is 31.0. The monoisotopic (exact) mass is 428 g/mol. The molecule has 6 nitrogen and oxygen atoms in total. The van der Waals surface area contributed by atoms with E-state index in [9.17, 15) is 13.2 Å². The van der Waals surface area contributed by atoms with Crippen molar-refractivity contribution in [3.05, 3.63) is 41.4 Å². The summed E-state index contributed by atoms with van der Waals surface area (Å²) in [5, 5.41) is 5.27. The molecule has 9 heteroatoms. The Balaban J connectivity index is 1.50. The van der Waals surface area contributed by atoms with Crippen molar-refractivity contribution in [2.75, 3.05) is 44.4 Å². The molecule has 0 spiro atoms. The van der Waals surface area contributed by atoms with Gasteiger partial charge in [0.2, 0.25) is 15.9 Å². The Kier molecular flexibility index (Phi) is 6.99. The summed E-state index contributed by atoms with van der Waals surface area (Å²) in [4.78, 5) is 13.0. The number of hydrogen-bond acceptors (Lipinski definition) is 5. The van der Waals surface area contributed by atoms with E-state index in [1.54, 1.807) is 0 Å². The van der Waals surface area contributed by atoms with E-state index in [1.165, 1.54) is 16.1 Å². The number of carbonyl (C=O) groups excluding carboxylic acids is 1. The fourth-order valence-corrected chi connectivity index (χ4v) is 5.45. The lowest BCUT2D eigenvalue weighted by atomic mass is 10.1. The summed E-state index contributed by atoms with van der Waals surface area (Å²) >= 11 is 7.68. The maximum Gasteiger partial charge on any atom is 0.230 e. The number of fused-ring (bicyclic) bond motifs is 1. The number of rotatable bonds is 7. The molecule has 27 heavy (non-hydrogen) atoms. The van der Waals surface area contributed by atoms with Gasteiger partial charge in [-0.05, 0) is 17.5 Å². The molecule has 1 fully saturated rings. The average Bonchev–Trinajstić information content (AvgIpc) is 2.67. The fraction of sp³-hybridized carbons (Fsp3) is 0.389. The molecule has 0 aromatic heterocycles. The second kappa shape index (κ2) is 9.25. The Bertz CT molecular complexity index is 909. The third kappa shape index (κ3) is 5.36. The average molecular weight is 429 g/mol. The van der Waals surface area contributed by atoms with E-state index in [4.69, 9.17) is 16.3 Å². The molecule has 1 saturated heterocycles. The van der Waals surface area contributed by atoms with Crippen molar-refractivity contribution in [3.8, 4) is 0 Å². The number of thioether (sulfide) groups is 1. The number of amides is 1. The number of benzene rings is 2. The highest BCUT2D eigenvalue weighted by molar-refractivity contribution is 8.00. The van der Waals surface area contributed by atoms with E-state index in [0.717, 1.165) is 15.7 Å². The summed E-state index contributed by atoms with van der Waals surface area (Å²) in [5.74, 6) is -0.118. The zero-order valence-corrected chi connectivity index (χ0v) is 17.1. The Morgan fingerprint density at radius 2 is 1.89 bits per heavy atom. The first-order valence-corrected chi connectivity index (χ1v) is 11.6. The molecule has 3 rings (SSSR count). The number of nitrogens with one attached hydrogen (secondary N) is 1. The number of carbonyl (C=O) groups is 1. The van der Waals surface area contributed by atoms with E-state index in [1.807, 2.05) is 36.4 Å². The van der Waals surface area contributed by atoms with Gasteiger partial charge in [-0.3, -0.25) is 4.79 Å². The first-order valence-electron chi connectivity index (χ1n) is 8.60. The summed E-state index contributed by atoms with van der Waals surface area (Å²) in [7, 11) is -3.37. The van der Waals surface area contributed by atoms with Crippen LogP contribution in [0.25, 0.3) is 10.8 Å². The summed E-state index contributed by atoms with van der Waals surface area (Å²) in [6.45, 7) is 1.66. The van der Waals surface area contributed by atoms with Gasteiger partial charge in [0.15, 0.2) is 0 Å². The summed E-state index contributed by atoms with van der Waals surface area (Å²) in [6.07, 6.45) is 0. The molecular weight excluding hydrogens is 408 g/mol. The largest absolute Gasteiger partial charge is 0.379 e. The van der Waals surface area contributed by atoms with Crippen LogP contribution in [0.3, 0.4) is 0 Å². The summed E-state index contributed by atoms with van der Waals surface area (Å²) in [6, 6.07) is 11.5. The van der Waals surface area contributed by atoms with Crippen LogP contribution in [0.4, 0.5) is 0 Å². The topological polar surface area (TPSA) is 75.7 Å². The molecule has 2 aromatic carbocycles. The minimum Gasteiger partial charge on any atom is -0.379 e. The number of morpholine rings is 1. The van der Waals surface area contributed by atoms with Crippen LogP contribution in [0.5, 0.6) is 0 Å². The van der Waals surface area contributed by atoms with Gasteiger partial charge in [-0.15, -0.1) is 11.8 Å². The molecule has 1 amide bonds. The van der Waals surface area contributed by atoms with E-state index >= 15 is 0 Å². The molecule has 0 aliphatic carbocycles. The lowest BCUT2D eigenvalue weighted by Crippen LogP contribution is -2.43. The van der Waals surface area contributed by atoms with E-state index < -0.39 is 10.0 Å². The van der Waals surface area contributed by atoms with E-state index in [0.29, 0.717) is 31.3 Å². The Hall–Kier alpha value is -1.32. The lowest BCUT2D eigenvalue weighted by molar-refractivity contribution is -0.118. The number of ether oxygens (including phenoxy) is 1. The zero-order valence-electron chi connectivity index (χ0n) is 14.7. The van der Waals surface area contributed by atoms with Gasteiger partial charge in [-0.2, -0.15) is 4.31 Å². The number of halogens is 1. The normalized spacial score (nSPS) is 15.7. The van der Waals surface area contributed by atoms with Gasteiger partial charge in [-0.25, -0.2) is 8.42 Å². The highest BCUT2D eigenvalue weighted by atomic mass is 35.5. The first-order chi connectivity index (χ1) is 13.0. The third-order valence-corrected chi connectivity index (χ3v) is 7.46. The summed E-state index contributed by atoms with van der Waals surface area (Å²) in [5.41, 5.74) is 0. The molecule has 2 aromatic rings. The molecule has 1 aliphatic rings. The SMILES string of the molecule is O=C(CSc1cccc2cccc(Cl)c12)NCCS(=O)(=O)N1CCOCC1. The van der Waals surface area contributed by atoms with Gasteiger partial charge in [0.25, 0.3) is 0 Å². The van der Waals surface area contributed by atoms with Crippen LogP contribution in [-0.2, 0) is 19.6 Å². The minimum atomic E-state index is -3.37. The van der Waals surface area contributed by atoms with Crippen molar-refractivity contribution in [2.24, 2.45) is 0 Å². The van der Waals surface area contributed by atoms with Crippen molar-refractivity contribution in [1.82, 2.24) is 9.62 Å². The molecule has 1 N–H and O–H groups in total. The van der Waals surface area contributed by atoms with Gasteiger partial charge in [0, 0.05) is 34.9 Å². The van der Waals surface area contributed by atoms with Gasteiger partial charge in [0.05, 0.1) is 24.7 Å². The number of sulfonamides is 1. The predicted molar refractivity (Wildman–Crippen MR) is 109 cm³/mol. The predicted octanol–water partition coefficient (Wildman–Crippen LogP) is 2.36. The second-order valence-corrected chi connectivity index (χ2v) is 9.57. The van der Waals surface area contributed by atoms with Crippen molar-refractivity contribution in [2.45, 2.75) is 4.90 Å². The molecule has 0 unspecified atom stereocenters. The van der Waals surface area contributed by atoms with Gasteiger partial charge in [0.1, 0.15) is 0 Å². The molecule has 0 atom stereocenters. The maximum atomic E-state index is 12.2. The van der Waals surface area contributed by atoms with Crippen molar-refractivity contribution < 1.29 is 17.9 Å². The fourth-order valence-electron chi connectivity index (χ4n) is 2.85. The Labute approximate surface area is 168 Å². The van der Waals surface area contributed by atoms with Gasteiger partial charge < -0.3 is 10.1 Å². The van der Waals surface area contributed by atoms with E-state index in [-0.39, 0.29) is 24.0 Å². The van der Waals surface area contributed by atoms with E-state index in [2.05, 4.69) is 5.32 Å². The minimum absolute atomic E-state index is 0.0926. The van der Waals surface area contributed by atoms with Crippen LogP contribution < -0.4 is 5.32 Å². The molecule has 1 aliphatic heterocycles. The molecule has 0 bridgehead atoms. The van der Waals surface area contributed by atoms with Crippen LogP contribution in [0.15, 0.2) is 41.3 Å². The maximum absolute atomic E-state index is 12.2. The zero-order chi connectivity index (χ0) is 19.3. The Morgan fingerprint density at radius 1 is 1.19 bits per heavy atom. The van der Waals surface area contributed by atoms with Gasteiger partial charge >= 0.3 is 0 Å². The van der Waals surface area contributed by atoms with Crippen molar-refractivity contribution in [1.29, 1.82) is 0 Å². The Morgan fingerprint density at radius 3 is 2.63 bits per heavy atom. The van der Waals surface area contributed by atoms with Crippen molar-refractivity contribution >= 4 is 50.1 Å². The molecule has 1 heterocycles. The highest BCUT2D eigenvalue weighted by Crippen LogP contribution is 2.33. The van der Waals surface area contributed by atoms with Crippen LogP contribution in [0.2, 0.25) is 5.02 Å². The van der Waals surface area contributed by atoms with Crippen LogP contribution in [-0.4, -0.2) is 63.0 Å². The van der Waals surface area contributed by atoms with Crippen LogP contribution in [0.1, 0.15) is 0 Å². The van der Waals surface area contributed by atoms with Crippen LogP contribution in [0, 0.1) is 0 Å². The number of hydrogen-bond donors (Lipinski definition) is 1. The van der Waals surface area contributed by atoms with Crippen molar-refractivity contribution in [3.63, 3.8) is 0 Å². The highest BCUT2D eigenvalue weighted by Gasteiger charge is 2.23. The number of nitrogens with zero attached hydrogens (tertiary/aromatic N) is 1. The molecule has 0 saturated carbocycles. The molecule has 146 valence electrons. The van der Waals surface area contributed by atoms with Gasteiger partial charge in [-0.1, -0.05) is 35.9 Å². The molecule has 0 radical (unpaired) electrons.